The molecule has 154 valence electrons. The summed E-state index contributed by atoms with van der Waals surface area (Å²) >= 11 is 0. The van der Waals surface area contributed by atoms with Crippen molar-refractivity contribution in [1.82, 2.24) is 5.32 Å². The van der Waals surface area contributed by atoms with Crippen molar-refractivity contribution < 1.29 is 23.8 Å². The summed E-state index contributed by atoms with van der Waals surface area (Å²) in [6.45, 7) is 17.6. The Morgan fingerprint density at radius 2 is 1.88 bits per heavy atom. The molecule has 2 N–H and O–H groups in total. The SMILES string of the molecule is CC(C)(C)OC(=O)N[C@@H](C[C@H]1CCOC1)[C@@H](CO)O[Si](C)(C)C(C)(C)C. The van der Waals surface area contributed by atoms with Crippen LogP contribution in [0.1, 0.15) is 54.4 Å². The molecule has 0 aromatic rings. The van der Waals surface area contributed by atoms with E-state index in [0.717, 1.165) is 13.0 Å². The van der Waals surface area contributed by atoms with Crippen molar-refractivity contribution in [3.05, 3.63) is 0 Å². The predicted molar refractivity (Wildman–Crippen MR) is 106 cm³/mol. The van der Waals surface area contributed by atoms with Crippen molar-refractivity contribution in [3.63, 3.8) is 0 Å². The van der Waals surface area contributed by atoms with E-state index in [2.05, 4.69) is 39.2 Å². The van der Waals surface area contributed by atoms with Gasteiger partial charge in [-0.15, -0.1) is 0 Å². The number of carbonyl (C=O) groups excluding carboxylic acids is 1. The van der Waals surface area contributed by atoms with Gasteiger partial charge in [0.25, 0.3) is 0 Å². The maximum absolute atomic E-state index is 12.3. The molecule has 7 heteroatoms. The quantitative estimate of drug-likeness (QED) is 0.649. The summed E-state index contributed by atoms with van der Waals surface area (Å²) in [5.74, 6) is 0.354. The summed E-state index contributed by atoms with van der Waals surface area (Å²) in [7, 11) is -2.09. The fourth-order valence-electron chi connectivity index (χ4n) is 2.69. The molecule has 0 saturated carbocycles. The molecule has 26 heavy (non-hydrogen) atoms. The molecule has 1 heterocycles. The van der Waals surface area contributed by atoms with Gasteiger partial charge < -0.3 is 24.3 Å². The first kappa shape index (κ1) is 23.4. The Balaban J connectivity index is 2.90. The smallest absolute Gasteiger partial charge is 0.407 e. The second-order valence-electron chi connectivity index (χ2n) is 9.82. The van der Waals surface area contributed by atoms with Crippen molar-refractivity contribution in [2.45, 2.75) is 90.3 Å². The third-order valence-electron chi connectivity index (χ3n) is 5.19. The van der Waals surface area contributed by atoms with E-state index in [1.165, 1.54) is 0 Å². The van der Waals surface area contributed by atoms with Gasteiger partial charge in [0.05, 0.1) is 18.8 Å². The van der Waals surface area contributed by atoms with Crippen LogP contribution in [0.5, 0.6) is 0 Å². The zero-order valence-corrected chi connectivity index (χ0v) is 18.8. The van der Waals surface area contributed by atoms with Gasteiger partial charge in [0.15, 0.2) is 8.32 Å². The Bertz CT molecular complexity index is 450. The highest BCUT2D eigenvalue weighted by molar-refractivity contribution is 6.74. The van der Waals surface area contributed by atoms with E-state index >= 15 is 0 Å². The lowest BCUT2D eigenvalue weighted by atomic mass is 9.96. The number of nitrogens with one attached hydrogen (secondary N) is 1. The van der Waals surface area contributed by atoms with E-state index in [4.69, 9.17) is 13.9 Å². The van der Waals surface area contributed by atoms with Gasteiger partial charge in [0.1, 0.15) is 5.60 Å². The van der Waals surface area contributed by atoms with Gasteiger partial charge in [0, 0.05) is 13.2 Å². The zero-order valence-electron chi connectivity index (χ0n) is 17.8. The first-order valence-electron chi connectivity index (χ1n) is 9.61. The summed E-state index contributed by atoms with van der Waals surface area (Å²) in [5.41, 5.74) is -0.569. The molecule has 3 atom stereocenters. The Hall–Kier alpha value is -0.633. The molecule has 1 saturated heterocycles. The van der Waals surface area contributed by atoms with Crippen LogP contribution >= 0.6 is 0 Å². The van der Waals surface area contributed by atoms with Crippen LogP contribution in [0.3, 0.4) is 0 Å². The number of alkyl carbamates (subject to hydrolysis) is 1. The standard InChI is InChI=1S/C19H39NO5Si/c1-18(2,3)24-17(22)20-15(11-14-9-10-23-13-14)16(12-21)25-26(7,8)19(4,5)6/h14-16,21H,9-13H2,1-8H3,(H,20,22)/t14-,15+,16-/m1/s1. The largest absolute Gasteiger partial charge is 0.444 e. The second kappa shape index (κ2) is 9.04. The third kappa shape index (κ3) is 7.54. The van der Waals surface area contributed by atoms with Crippen LogP contribution < -0.4 is 5.32 Å². The molecule has 1 rings (SSSR count). The van der Waals surface area contributed by atoms with E-state index in [1.807, 2.05) is 20.8 Å². The number of aliphatic hydroxyl groups excluding tert-OH is 1. The first-order chi connectivity index (χ1) is 11.7. The van der Waals surface area contributed by atoms with E-state index in [-0.39, 0.29) is 17.7 Å². The molecule has 1 amide bonds. The van der Waals surface area contributed by atoms with Gasteiger partial charge in [-0.25, -0.2) is 4.79 Å². The number of hydrogen-bond donors (Lipinski definition) is 2. The van der Waals surface area contributed by atoms with Gasteiger partial charge in [-0.05, 0) is 57.7 Å². The minimum Gasteiger partial charge on any atom is -0.444 e. The molecular weight excluding hydrogens is 350 g/mol. The van der Waals surface area contributed by atoms with E-state index in [9.17, 15) is 9.90 Å². The van der Waals surface area contributed by atoms with Gasteiger partial charge >= 0.3 is 6.09 Å². The summed E-state index contributed by atoms with van der Waals surface area (Å²) in [5, 5.41) is 13.0. The monoisotopic (exact) mass is 389 g/mol. The van der Waals surface area contributed by atoms with Crippen molar-refractivity contribution in [2.24, 2.45) is 5.92 Å². The normalized spacial score (nSPS) is 21.3. The first-order valence-corrected chi connectivity index (χ1v) is 12.5. The van der Waals surface area contributed by atoms with Crippen LogP contribution in [0.25, 0.3) is 0 Å². The lowest BCUT2D eigenvalue weighted by Gasteiger charge is -2.41. The molecule has 0 aliphatic carbocycles. The van der Waals surface area contributed by atoms with Crippen LogP contribution in [0, 0.1) is 5.92 Å². The Kier molecular flexibility index (Phi) is 8.14. The molecule has 1 fully saturated rings. The molecule has 0 spiro atoms. The molecule has 0 bridgehead atoms. The maximum atomic E-state index is 12.3. The fraction of sp³-hybridized carbons (Fsp3) is 0.947. The molecule has 0 radical (unpaired) electrons. The number of hydrogen-bond acceptors (Lipinski definition) is 5. The maximum Gasteiger partial charge on any atom is 0.407 e. The molecular formula is C19H39NO5Si. The van der Waals surface area contributed by atoms with Crippen LogP contribution in [-0.4, -0.2) is 57.1 Å². The molecule has 1 aliphatic rings. The van der Waals surface area contributed by atoms with Crippen LogP contribution in [0.15, 0.2) is 0 Å². The van der Waals surface area contributed by atoms with Crippen LogP contribution in [0.2, 0.25) is 18.1 Å². The summed E-state index contributed by atoms with van der Waals surface area (Å²) in [4.78, 5) is 12.3. The number of amides is 1. The van der Waals surface area contributed by atoms with Crippen molar-refractivity contribution >= 4 is 14.4 Å². The number of ether oxygens (including phenoxy) is 2. The van der Waals surface area contributed by atoms with Gasteiger partial charge in [0.2, 0.25) is 0 Å². The lowest BCUT2D eigenvalue weighted by molar-refractivity contribution is 0.0309. The van der Waals surface area contributed by atoms with Crippen molar-refractivity contribution in [2.75, 3.05) is 19.8 Å². The van der Waals surface area contributed by atoms with Crippen molar-refractivity contribution in [1.29, 1.82) is 0 Å². The van der Waals surface area contributed by atoms with Gasteiger partial charge in [-0.2, -0.15) is 0 Å². The minimum atomic E-state index is -2.09. The highest BCUT2D eigenvalue weighted by Crippen LogP contribution is 2.38. The Labute approximate surface area is 160 Å². The Morgan fingerprint density at radius 3 is 2.31 bits per heavy atom. The summed E-state index contributed by atoms with van der Waals surface area (Å²) in [6.07, 6.45) is 0.742. The molecule has 0 aromatic carbocycles. The average Bonchev–Trinajstić information content (AvgIpc) is 2.93. The van der Waals surface area contributed by atoms with Crippen LogP contribution in [0.4, 0.5) is 4.79 Å². The average molecular weight is 390 g/mol. The number of aliphatic hydroxyl groups is 1. The molecule has 0 aromatic heterocycles. The van der Waals surface area contributed by atoms with Crippen LogP contribution in [-0.2, 0) is 13.9 Å². The molecule has 0 unspecified atom stereocenters. The molecule has 6 nitrogen and oxygen atoms in total. The lowest BCUT2D eigenvalue weighted by Crippen LogP contribution is -2.54. The highest BCUT2D eigenvalue weighted by atomic mass is 28.4. The highest BCUT2D eigenvalue weighted by Gasteiger charge is 2.41. The minimum absolute atomic E-state index is 0.0212. The number of carbonyl (C=O) groups is 1. The summed E-state index contributed by atoms with van der Waals surface area (Å²) < 4.78 is 17.3. The third-order valence-corrected chi connectivity index (χ3v) is 9.70. The van der Waals surface area contributed by atoms with Gasteiger partial charge in [-0.3, -0.25) is 0 Å². The number of rotatable bonds is 7. The predicted octanol–water partition coefficient (Wildman–Crippen LogP) is 3.69. The van der Waals surface area contributed by atoms with E-state index < -0.39 is 26.1 Å². The van der Waals surface area contributed by atoms with E-state index in [1.54, 1.807) is 0 Å². The van der Waals surface area contributed by atoms with Gasteiger partial charge in [-0.1, -0.05) is 20.8 Å². The second-order valence-corrected chi connectivity index (χ2v) is 14.6. The molecule has 1 aliphatic heterocycles. The zero-order chi connectivity index (χ0) is 20.2. The van der Waals surface area contributed by atoms with E-state index in [0.29, 0.717) is 18.9 Å². The Morgan fingerprint density at radius 1 is 1.27 bits per heavy atom. The van der Waals surface area contributed by atoms with Crippen molar-refractivity contribution in [3.8, 4) is 0 Å². The topological polar surface area (TPSA) is 77.0 Å². The fourth-order valence-corrected chi connectivity index (χ4v) is 4.04. The summed E-state index contributed by atoms with van der Waals surface area (Å²) in [6, 6.07) is -0.310.